The molecular formula is C14H16N2O3S. The van der Waals surface area contributed by atoms with Gasteiger partial charge in [0.05, 0.1) is 18.2 Å². The van der Waals surface area contributed by atoms with E-state index in [1.54, 1.807) is 11.9 Å². The summed E-state index contributed by atoms with van der Waals surface area (Å²) in [6.07, 6.45) is 0.358. The number of nitrogens with zero attached hydrogens (tertiary/aromatic N) is 2. The first-order chi connectivity index (χ1) is 9.70. The molecule has 1 heterocycles. The van der Waals surface area contributed by atoms with E-state index in [-0.39, 0.29) is 5.91 Å². The topological polar surface area (TPSA) is 62.6 Å². The lowest BCUT2D eigenvalue weighted by atomic mass is 10.3. The molecule has 1 aliphatic heterocycles. The summed E-state index contributed by atoms with van der Waals surface area (Å²) < 4.78 is 10.9. The first-order valence-corrected chi connectivity index (χ1v) is 7.32. The van der Waals surface area contributed by atoms with Gasteiger partial charge in [-0.15, -0.1) is 11.8 Å². The van der Waals surface area contributed by atoms with Crippen molar-refractivity contribution < 1.29 is 14.3 Å². The molecule has 0 radical (unpaired) electrons. The van der Waals surface area contributed by atoms with Gasteiger partial charge in [0.2, 0.25) is 5.91 Å². The summed E-state index contributed by atoms with van der Waals surface area (Å²) in [5.74, 6) is 1.84. The highest BCUT2D eigenvalue weighted by molar-refractivity contribution is 8.00. The van der Waals surface area contributed by atoms with Gasteiger partial charge in [-0.2, -0.15) is 5.26 Å². The Morgan fingerprint density at radius 1 is 1.40 bits per heavy atom. The molecule has 1 amide bonds. The lowest BCUT2D eigenvalue weighted by Gasteiger charge is -2.19. The first kappa shape index (κ1) is 14.5. The van der Waals surface area contributed by atoms with Gasteiger partial charge in [-0.05, 0) is 18.2 Å². The Morgan fingerprint density at radius 2 is 2.15 bits per heavy atom. The molecule has 0 N–H and O–H groups in total. The van der Waals surface area contributed by atoms with Crippen molar-refractivity contribution in [2.45, 2.75) is 11.3 Å². The molecule has 0 unspecified atom stereocenters. The van der Waals surface area contributed by atoms with Crippen LogP contribution in [0.2, 0.25) is 0 Å². The zero-order valence-electron chi connectivity index (χ0n) is 11.3. The van der Waals surface area contributed by atoms with Crippen LogP contribution in [0.4, 0.5) is 0 Å². The Hall–Kier alpha value is -1.87. The maximum absolute atomic E-state index is 11.9. The quantitative estimate of drug-likeness (QED) is 0.776. The fraction of sp³-hybridized carbons (Fsp3) is 0.429. The predicted octanol–water partition coefficient (Wildman–Crippen LogP) is 1.92. The van der Waals surface area contributed by atoms with E-state index >= 15 is 0 Å². The van der Waals surface area contributed by atoms with Crippen LogP contribution in [-0.4, -0.2) is 43.4 Å². The van der Waals surface area contributed by atoms with E-state index in [9.17, 15) is 4.79 Å². The Bertz CT molecular complexity index is 528. The second-order valence-electron chi connectivity index (χ2n) is 4.32. The number of carbonyl (C=O) groups excluding carboxylic acids is 1. The van der Waals surface area contributed by atoms with Gasteiger partial charge >= 0.3 is 0 Å². The van der Waals surface area contributed by atoms with Crippen molar-refractivity contribution in [3.05, 3.63) is 18.2 Å². The van der Waals surface area contributed by atoms with E-state index in [0.717, 1.165) is 16.4 Å². The van der Waals surface area contributed by atoms with Crippen molar-refractivity contribution in [2.24, 2.45) is 0 Å². The van der Waals surface area contributed by atoms with Crippen LogP contribution < -0.4 is 9.47 Å². The molecule has 0 fully saturated rings. The lowest BCUT2D eigenvalue weighted by molar-refractivity contribution is -0.127. The van der Waals surface area contributed by atoms with Crippen LogP contribution >= 0.6 is 11.8 Å². The molecule has 0 aliphatic carbocycles. The zero-order valence-corrected chi connectivity index (χ0v) is 12.1. The van der Waals surface area contributed by atoms with Gasteiger partial charge in [0, 0.05) is 18.5 Å². The van der Waals surface area contributed by atoms with Crippen molar-refractivity contribution in [3.8, 4) is 17.6 Å². The monoisotopic (exact) mass is 292 g/mol. The number of ether oxygens (including phenoxy) is 2. The summed E-state index contributed by atoms with van der Waals surface area (Å²) in [5, 5.41) is 8.50. The van der Waals surface area contributed by atoms with Gasteiger partial charge in [-0.3, -0.25) is 4.79 Å². The summed E-state index contributed by atoms with van der Waals surface area (Å²) in [6.45, 7) is 1.59. The van der Waals surface area contributed by atoms with Crippen LogP contribution in [-0.2, 0) is 4.79 Å². The maximum Gasteiger partial charge on any atom is 0.232 e. The Balaban J connectivity index is 1.88. The molecule has 1 aromatic carbocycles. The second-order valence-corrected chi connectivity index (χ2v) is 5.37. The van der Waals surface area contributed by atoms with Crippen LogP contribution in [0.3, 0.4) is 0 Å². The molecule has 5 nitrogen and oxygen atoms in total. The molecule has 1 aromatic rings. The minimum Gasteiger partial charge on any atom is -0.486 e. The van der Waals surface area contributed by atoms with Crippen molar-refractivity contribution in [2.75, 3.05) is 32.6 Å². The van der Waals surface area contributed by atoms with E-state index < -0.39 is 0 Å². The zero-order chi connectivity index (χ0) is 14.4. The maximum atomic E-state index is 11.9. The lowest BCUT2D eigenvalue weighted by Crippen LogP contribution is -2.29. The molecule has 0 atom stereocenters. The fourth-order valence-corrected chi connectivity index (χ4v) is 2.58. The molecule has 0 bridgehead atoms. The number of carbonyl (C=O) groups is 1. The van der Waals surface area contributed by atoms with Gasteiger partial charge in [-0.25, -0.2) is 0 Å². The molecule has 6 heteroatoms. The third-order valence-corrected chi connectivity index (χ3v) is 3.84. The van der Waals surface area contributed by atoms with Crippen LogP contribution in [0.1, 0.15) is 6.42 Å². The first-order valence-electron chi connectivity index (χ1n) is 6.34. The summed E-state index contributed by atoms with van der Waals surface area (Å²) >= 11 is 1.45. The van der Waals surface area contributed by atoms with Crippen LogP contribution in [0.5, 0.6) is 11.5 Å². The highest BCUT2D eigenvalue weighted by Crippen LogP contribution is 2.34. The minimum atomic E-state index is 0.0140. The van der Waals surface area contributed by atoms with Gasteiger partial charge in [0.1, 0.15) is 13.2 Å². The van der Waals surface area contributed by atoms with Gasteiger partial charge in [0.25, 0.3) is 0 Å². The molecular weight excluding hydrogens is 276 g/mol. The number of amides is 1. The fourth-order valence-electron chi connectivity index (χ4n) is 1.71. The highest BCUT2D eigenvalue weighted by Gasteiger charge is 2.13. The van der Waals surface area contributed by atoms with Gasteiger partial charge in [-0.1, -0.05) is 0 Å². The Labute approximate surface area is 122 Å². The number of fused-ring (bicyclic) bond motifs is 1. The average Bonchev–Trinajstić information content (AvgIpc) is 2.50. The van der Waals surface area contributed by atoms with Crippen molar-refractivity contribution in [1.29, 1.82) is 5.26 Å². The van der Waals surface area contributed by atoms with E-state index in [4.69, 9.17) is 14.7 Å². The van der Waals surface area contributed by atoms with Gasteiger partial charge < -0.3 is 14.4 Å². The summed E-state index contributed by atoms with van der Waals surface area (Å²) in [7, 11) is 1.71. The number of hydrogen-bond donors (Lipinski definition) is 0. The number of rotatable bonds is 5. The Morgan fingerprint density at radius 3 is 2.90 bits per heavy atom. The molecule has 20 heavy (non-hydrogen) atoms. The van der Waals surface area contributed by atoms with Crippen LogP contribution in [0.15, 0.2) is 23.1 Å². The minimum absolute atomic E-state index is 0.0140. The summed E-state index contributed by atoms with van der Waals surface area (Å²) in [6, 6.07) is 7.70. The van der Waals surface area contributed by atoms with Crippen molar-refractivity contribution in [1.82, 2.24) is 4.90 Å². The van der Waals surface area contributed by atoms with E-state index in [0.29, 0.717) is 31.9 Å². The average molecular weight is 292 g/mol. The van der Waals surface area contributed by atoms with Crippen molar-refractivity contribution >= 4 is 17.7 Å². The summed E-state index contributed by atoms with van der Waals surface area (Å²) in [4.78, 5) is 14.4. The van der Waals surface area contributed by atoms with E-state index in [1.165, 1.54) is 11.8 Å². The SMILES string of the molecule is CN(CCC#N)C(=O)CSc1ccc2c(c1)OCCO2. The summed E-state index contributed by atoms with van der Waals surface area (Å²) in [5.41, 5.74) is 0. The number of thioether (sulfide) groups is 1. The van der Waals surface area contributed by atoms with Gasteiger partial charge in [0.15, 0.2) is 11.5 Å². The number of hydrogen-bond acceptors (Lipinski definition) is 5. The molecule has 0 spiro atoms. The highest BCUT2D eigenvalue weighted by atomic mass is 32.2. The van der Waals surface area contributed by atoms with Crippen molar-refractivity contribution in [3.63, 3.8) is 0 Å². The molecule has 0 saturated carbocycles. The molecule has 106 valence electrons. The predicted molar refractivity (Wildman–Crippen MR) is 76.0 cm³/mol. The Kier molecular flexibility index (Phi) is 5.13. The largest absolute Gasteiger partial charge is 0.486 e. The standard InChI is InChI=1S/C14H16N2O3S/c1-16(6-2-5-15)14(17)10-20-11-3-4-12-13(9-11)19-8-7-18-12/h3-4,9H,2,6-8,10H2,1H3. The number of nitriles is 1. The van der Waals surface area contributed by atoms with E-state index in [2.05, 4.69) is 0 Å². The third kappa shape index (κ3) is 3.81. The molecule has 2 rings (SSSR count). The molecule has 1 aliphatic rings. The van der Waals surface area contributed by atoms with Crippen LogP contribution in [0, 0.1) is 11.3 Å². The second kappa shape index (κ2) is 7.06. The molecule has 0 saturated heterocycles. The third-order valence-electron chi connectivity index (χ3n) is 2.86. The number of benzene rings is 1. The smallest absolute Gasteiger partial charge is 0.232 e. The van der Waals surface area contributed by atoms with E-state index in [1.807, 2.05) is 24.3 Å². The normalized spacial score (nSPS) is 12.6. The molecule has 0 aromatic heterocycles. The van der Waals surface area contributed by atoms with Crippen LogP contribution in [0.25, 0.3) is 0 Å².